The first kappa shape index (κ1) is 13.4. The number of hydrogen-bond acceptors (Lipinski definition) is 1. The van der Waals surface area contributed by atoms with Crippen LogP contribution in [0, 0.1) is 23.7 Å². The fourth-order valence-electron chi connectivity index (χ4n) is 4.03. The number of nitrogens with one attached hydrogen (secondary N) is 1. The van der Waals surface area contributed by atoms with Crippen molar-refractivity contribution in [2.45, 2.75) is 40.0 Å². The van der Waals surface area contributed by atoms with Crippen LogP contribution in [0.15, 0.2) is 36.4 Å². The predicted octanol–water partition coefficient (Wildman–Crippen LogP) is 4.32. The summed E-state index contributed by atoms with van der Waals surface area (Å²) in [6.45, 7) is 10.8. The third-order valence-corrected chi connectivity index (χ3v) is 5.63. The lowest BCUT2D eigenvalue weighted by Crippen LogP contribution is -2.37. The molecule has 0 aromatic heterocycles. The molecule has 20 heavy (non-hydrogen) atoms. The summed E-state index contributed by atoms with van der Waals surface area (Å²) in [7, 11) is 0. The minimum absolute atomic E-state index is 0.100. The average molecular weight is 269 g/mol. The lowest BCUT2D eigenvalue weighted by atomic mass is 9.68. The van der Waals surface area contributed by atoms with Gasteiger partial charge in [0, 0.05) is 5.69 Å². The van der Waals surface area contributed by atoms with E-state index in [1.165, 1.54) is 5.56 Å². The summed E-state index contributed by atoms with van der Waals surface area (Å²) in [4.78, 5) is 12.8. The Hall–Kier alpha value is -1.57. The molecule has 1 amide bonds. The molecule has 0 spiro atoms. The summed E-state index contributed by atoms with van der Waals surface area (Å²) < 4.78 is 0. The number of hydrogen-bond donors (Lipinski definition) is 1. The summed E-state index contributed by atoms with van der Waals surface area (Å²) in [5, 5.41) is 3.10. The van der Waals surface area contributed by atoms with Crippen LogP contribution in [0.2, 0.25) is 0 Å². The molecule has 0 unspecified atom stereocenters. The Balaban J connectivity index is 1.84. The van der Waals surface area contributed by atoms with Gasteiger partial charge in [0.2, 0.25) is 5.91 Å². The number of anilines is 1. The number of aryl methyl sites for hydroxylation is 1. The van der Waals surface area contributed by atoms with Crippen LogP contribution in [0.4, 0.5) is 5.69 Å². The second-order valence-electron chi connectivity index (χ2n) is 7.04. The smallest absolute Gasteiger partial charge is 0.234 e. The summed E-state index contributed by atoms with van der Waals surface area (Å²) in [6.07, 6.45) is 3.07. The van der Waals surface area contributed by atoms with E-state index < -0.39 is 0 Å². The van der Waals surface area contributed by atoms with Gasteiger partial charge < -0.3 is 5.32 Å². The minimum atomic E-state index is -0.334. The van der Waals surface area contributed by atoms with Gasteiger partial charge in [-0.2, -0.15) is 0 Å². The zero-order valence-corrected chi connectivity index (χ0v) is 12.6. The van der Waals surface area contributed by atoms with Gasteiger partial charge in [0.05, 0.1) is 5.41 Å². The van der Waals surface area contributed by atoms with Crippen molar-refractivity contribution in [2.24, 2.45) is 16.7 Å². The molecule has 1 aromatic rings. The molecule has 2 bridgehead atoms. The van der Waals surface area contributed by atoms with Gasteiger partial charge in [0.1, 0.15) is 0 Å². The minimum Gasteiger partial charge on any atom is -0.325 e. The molecule has 3 rings (SSSR count). The van der Waals surface area contributed by atoms with Crippen molar-refractivity contribution in [3.8, 4) is 0 Å². The molecule has 106 valence electrons. The average Bonchev–Trinajstić information content (AvgIpc) is 2.93. The largest absolute Gasteiger partial charge is 0.325 e. The Labute approximate surface area is 121 Å². The highest BCUT2D eigenvalue weighted by Crippen LogP contribution is 2.65. The second kappa shape index (κ2) is 4.21. The fourth-order valence-corrected chi connectivity index (χ4v) is 4.03. The van der Waals surface area contributed by atoms with Crippen LogP contribution in [0.5, 0.6) is 0 Å². The molecule has 0 saturated heterocycles. The normalized spacial score (nSPS) is 30.6. The van der Waals surface area contributed by atoms with E-state index >= 15 is 0 Å². The molecule has 2 aliphatic rings. The van der Waals surface area contributed by atoms with Gasteiger partial charge in [0.25, 0.3) is 0 Å². The van der Waals surface area contributed by atoms with Crippen LogP contribution in [-0.2, 0) is 4.79 Å². The van der Waals surface area contributed by atoms with Crippen molar-refractivity contribution in [2.75, 3.05) is 5.32 Å². The highest BCUT2D eigenvalue weighted by molar-refractivity contribution is 5.98. The van der Waals surface area contributed by atoms with E-state index in [9.17, 15) is 4.79 Å². The Morgan fingerprint density at radius 1 is 1.30 bits per heavy atom. The zero-order chi connectivity index (χ0) is 14.5. The molecular weight excluding hydrogens is 246 g/mol. The van der Waals surface area contributed by atoms with Crippen molar-refractivity contribution in [3.05, 3.63) is 42.0 Å². The molecule has 2 fully saturated rings. The van der Waals surface area contributed by atoms with Crippen LogP contribution in [0.25, 0.3) is 0 Å². The van der Waals surface area contributed by atoms with E-state index in [2.05, 4.69) is 25.7 Å². The van der Waals surface area contributed by atoms with Crippen molar-refractivity contribution in [1.29, 1.82) is 0 Å². The summed E-state index contributed by atoms with van der Waals surface area (Å²) in [5.74, 6) is 0.748. The molecule has 2 saturated carbocycles. The first-order valence-corrected chi connectivity index (χ1v) is 7.44. The number of carbonyl (C=O) groups is 1. The number of fused-ring (bicyclic) bond motifs is 2. The molecule has 1 N–H and O–H groups in total. The first-order valence-electron chi connectivity index (χ1n) is 7.44. The molecule has 2 nitrogen and oxygen atoms in total. The summed E-state index contributed by atoms with van der Waals surface area (Å²) in [6, 6.07) is 7.99. The lowest BCUT2D eigenvalue weighted by molar-refractivity contribution is -0.123. The van der Waals surface area contributed by atoms with Crippen LogP contribution in [-0.4, -0.2) is 5.91 Å². The Morgan fingerprint density at radius 3 is 2.50 bits per heavy atom. The number of amides is 1. The SMILES string of the molecule is C=C1C(C)(C)[C@@H]2CC[C@@]1(C(=O)Nc1ccc(C)cc1)C2. The van der Waals surface area contributed by atoms with E-state index in [1.54, 1.807) is 0 Å². The Morgan fingerprint density at radius 2 is 1.95 bits per heavy atom. The highest BCUT2D eigenvalue weighted by atomic mass is 16.2. The van der Waals surface area contributed by atoms with Gasteiger partial charge in [0.15, 0.2) is 0 Å². The first-order chi connectivity index (χ1) is 9.36. The van der Waals surface area contributed by atoms with Crippen molar-refractivity contribution in [3.63, 3.8) is 0 Å². The number of rotatable bonds is 2. The molecule has 2 heteroatoms. The molecule has 0 radical (unpaired) electrons. The van der Waals surface area contributed by atoms with Gasteiger partial charge in [-0.05, 0) is 49.7 Å². The highest BCUT2D eigenvalue weighted by Gasteiger charge is 2.60. The van der Waals surface area contributed by atoms with Crippen molar-refractivity contribution < 1.29 is 4.79 Å². The topological polar surface area (TPSA) is 29.1 Å². The maximum absolute atomic E-state index is 12.8. The molecule has 2 atom stereocenters. The fraction of sp³-hybridized carbons (Fsp3) is 0.500. The number of carbonyl (C=O) groups excluding carboxylic acids is 1. The Bertz CT molecular complexity index is 570. The zero-order valence-electron chi connectivity index (χ0n) is 12.6. The van der Waals surface area contributed by atoms with Gasteiger partial charge >= 0.3 is 0 Å². The van der Waals surface area contributed by atoms with Crippen LogP contribution < -0.4 is 5.32 Å². The van der Waals surface area contributed by atoms with Crippen LogP contribution in [0.1, 0.15) is 38.7 Å². The maximum Gasteiger partial charge on any atom is 0.234 e. The molecular formula is C18H23NO. The standard InChI is InChI=1S/C18H23NO/c1-12-5-7-15(8-6-12)19-16(20)18-10-9-14(11-18)17(3,4)13(18)2/h5-8,14H,2,9-11H2,1,3-4H3,(H,19,20)/t14-,18-/m1/s1. The van der Waals surface area contributed by atoms with Crippen molar-refractivity contribution in [1.82, 2.24) is 0 Å². The van der Waals surface area contributed by atoms with E-state index in [1.807, 2.05) is 31.2 Å². The van der Waals surface area contributed by atoms with E-state index in [4.69, 9.17) is 0 Å². The predicted molar refractivity (Wildman–Crippen MR) is 82.5 cm³/mol. The molecule has 1 aromatic carbocycles. The lowest BCUT2D eigenvalue weighted by Gasteiger charge is -2.37. The van der Waals surface area contributed by atoms with Gasteiger partial charge in [-0.1, -0.05) is 43.7 Å². The third kappa shape index (κ3) is 1.74. The van der Waals surface area contributed by atoms with Gasteiger partial charge in [-0.15, -0.1) is 0 Å². The van der Waals surface area contributed by atoms with E-state index in [-0.39, 0.29) is 16.7 Å². The van der Waals surface area contributed by atoms with Gasteiger partial charge in [-0.25, -0.2) is 0 Å². The third-order valence-electron chi connectivity index (χ3n) is 5.63. The molecule has 0 heterocycles. The second-order valence-corrected chi connectivity index (χ2v) is 7.04. The van der Waals surface area contributed by atoms with Gasteiger partial charge in [-0.3, -0.25) is 4.79 Å². The quantitative estimate of drug-likeness (QED) is 0.796. The van der Waals surface area contributed by atoms with E-state index in [0.29, 0.717) is 5.92 Å². The van der Waals surface area contributed by atoms with Crippen LogP contribution in [0.3, 0.4) is 0 Å². The molecule has 2 aliphatic carbocycles. The summed E-state index contributed by atoms with van der Waals surface area (Å²) >= 11 is 0. The Kier molecular flexibility index (Phi) is 2.82. The number of benzene rings is 1. The van der Waals surface area contributed by atoms with E-state index in [0.717, 1.165) is 30.5 Å². The van der Waals surface area contributed by atoms with Crippen LogP contribution >= 0.6 is 0 Å². The van der Waals surface area contributed by atoms with Crippen molar-refractivity contribution >= 4 is 11.6 Å². The monoisotopic (exact) mass is 269 g/mol. The molecule has 0 aliphatic heterocycles. The summed E-state index contributed by atoms with van der Waals surface area (Å²) in [5.41, 5.74) is 2.98. The maximum atomic E-state index is 12.8.